The van der Waals surface area contributed by atoms with E-state index in [0.29, 0.717) is 0 Å². The molecule has 0 aliphatic heterocycles. The number of methoxy groups -OCH3 is 1. The average molecular weight is 347 g/mol. The van der Waals surface area contributed by atoms with Crippen molar-refractivity contribution in [3.8, 4) is 5.75 Å². The molecule has 23 heavy (non-hydrogen) atoms. The molecule has 0 amide bonds. The van der Waals surface area contributed by atoms with Gasteiger partial charge >= 0.3 is 0 Å². The van der Waals surface area contributed by atoms with Crippen LogP contribution in [0.3, 0.4) is 0 Å². The van der Waals surface area contributed by atoms with Gasteiger partial charge in [-0.2, -0.15) is 0 Å². The Balaban J connectivity index is 0.00000156. The molecule has 0 unspecified atom stereocenters. The van der Waals surface area contributed by atoms with Crippen molar-refractivity contribution >= 4 is 55.8 Å². The molecule has 2 aromatic heterocycles. The van der Waals surface area contributed by atoms with Crippen LogP contribution in [-0.4, -0.2) is 21.6 Å². The first-order valence-electron chi connectivity index (χ1n) is 6.87. The molecular weight excluding hydrogens is 332 g/mol. The van der Waals surface area contributed by atoms with E-state index in [0.717, 1.165) is 37.8 Å². The molecule has 0 saturated heterocycles. The summed E-state index contributed by atoms with van der Waals surface area (Å²) in [5.74, 6) is 0.796. The number of hydrogen-bond donors (Lipinski definition) is 1. The van der Waals surface area contributed by atoms with Gasteiger partial charge in [0.1, 0.15) is 16.8 Å². The zero-order valence-electron chi connectivity index (χ0n) is 12.6. The number of imidazole rings is 1. The number of anilines is 2. The summed E-state index contributed by atoms with van der Waals surface area (Å²) < 4.78 is 8.48. The van der Waals surface area contributed by atoms with Crippen molar-refractivity contribution in [1.82, 2.24) is 14.5 Å². The second-order valence-electron chi connectivity index (χ2n) is 4.98. The molecule has 0 aliphatic carbocycles. The van der Waals surface area contributed by atoms with Crippen LogP contribution < -0.4 is 10.1 Å². The average Bonchev–Trinajstić information content (AvgIpc) is 3.11. The van der Waals surface area contributed by atoms with Crippen molar-refractivity contribution in [2.24, 2.45) is 7.05 Å². The number of hydrogen-bond acceptors (Lipinski definition) is 5. The summed E-state index contributed by atoms with van der Waals surface area (Å²) in [7, 11) is 3.65. The number of aromatic nitrogens is 3. The van der Waals surface area contributed by atoms with E-state index in [1.54, 1.807) is 18.4 Å². The first-order chi connectivity index (χ1) is 10.8. The van der Waals surface area contributed by atoms with Gasteiger partial charge in [-0.3, -0.25) is 0 Å². The van der Waals surface area contributed by atoms with Crippen molar-refractivity contribution in [2.75, 3.05) is 12.4 Å². The van der Waals surface area contributed by atoms with E-state index in [9.17, 15) is 0 Å². The number of nitrogens with one attached hydrogen (secondary N) is 1. The number of thiazole rings is 1. The molecule has 0 spiro atoms. The Kier molecular flexibility index (Phi) is 4.11. The van der Waals surface area contributed by atoms with Gasteiger partial charge in [0.15, 0.2) is 5.13 Å². The number of ether oxygens (including phenoxy) is 1. The third-order valence-electron chi connectivity index (χ3n) is 3.60. The van der Waals surface area contributed by atoms with Gasteiger partial charge in [-0.1, -0.05) is 23.5 Å². The molecule has 4 aromatic rings. The molecular formula is C16H15ClN4OS. The second kappa shape index (κ2) is 6.06. The zero-order valence-corrected chi connectivity index (χ0v) is 14.2. The van der Waals surface area contributed by atoms with Gasteiger partial charge in [0, 0.05) is 7.05 Å². The highest BCUT2D eigenvalue weighted by Crippen LogP contribution is 2.34. The maximum Gasteiger partial charge on any atom is 0.188 e. The second-order valence-corrected chi connectivity index (χ2v) is 6.01. The molecule has 0 radical (unpaired) electrons. The predicted octanol–water partition coefficient (Wildman–Crippen LogP) is 4.36. The Bertz CT molecular complexity index is 979. The van der Waals surface area contributed by atoms with Crippen LogP contribution in [0.2, 0.25) is 0 Å². The quantitative estimate of drug-likeness (QED) is 0.599. The number of aryl methyl sites for hydroxylation is 1. The standard InChI is InChI=1S/C16H14N4OS.ClH/c1-20-9-17-14-11(20)7-8-13-15(14)19-16(22-13)18-10-5-3-4-6-12(10)21-2;/h3-9H,1-2H3,(H,18,19);1H. The lowest BCUT2D eigenvalue weighted by molar-refractivity contribution is 0.417. The number of fused-ring (bicyclic) bond motifs is 3. The fourth-order valence-electron chi connectivity index (χ4n) is 2.50. The van der Waals surface area contributed by atoms with E-state index < -0.39 is 0 Å². The summed E-state index contributed by atoms with van der Waals surface area (Å²) in [6, 6.07) is 12.0. The number of nitrogens with zero attached hydrogens (tertiary/aromatic N) is 3. The van der Waals surface area contributed by atoms with Crippen LogP contribution in [0, 0.1) is 0 Å². The normalized spacial score (nSPS) is 10.7. The summed E-state index contributed by atoms with van der Waals surface area (Å²) in [4.78, 5) is 9.16. The minimum Gasteiger partial charge on any atom is -0.495 e. The summed E-state index contributed by atoms with van der Waals surface area (Å²) >= 11 is 1.61. The largest absolute Gasteiger partial charge is 0.495 e. The van der Waals surface area contributed by atoms with Crippen LogP contribution in [0.5, 0.6) is 5.75 Å². The van der Waals surface area contributed by atoms with Crippen LogP contribution in [0.4, 0.5) is 10.8 Å². The van der Waals surface area contributed by atoms with Gasteiger partial charge < -0.3 is 14.6 Å². The lowest BCUT2D eigenvalue weighted by Crippen LogP contribution is -1.93. The van der Waals surface area contributed by atoms with Gasteiger partial charge in [0.2, 0.25) is 0 Å². The van der Waals surface area contributed by atoms with Crippen LogP contribution in [0.15, 0.2) is 42.7 Å². The third kappa shape index (κ3) is 2.60. The molecule has 118 valence electrons. The van der Waals surface area contributed by atoms with E-state index >= 15 is 0 Å². The van der Waals surface area contributed by atoms with Gasteiger partial charge in [-0.15, -0.1) is 12.4 Å². The van der Waals surface area contributed by atoms with E-state index in [1.165, 1.54) is 0 Å². The molecule has 0 fully saturated rings. The highest BCUT2D eigenvalue weighted by molar-refractivity contribution is 7.22. The number of para-hydroxylation sites is 2. The Hall–Kier alpha value is -2.31. The first kappa shape index (κ1) is 15.6. The van der Waals surface area contributed by atoms with Gasteiger partial charge in [-0.05, 0) is 24.3 Å². The van der Waals surface area contributed by atoms with Crippen molar-refractivity contribution < 1.29 is 4.74 Å². The molecule has 0 saturated carbocycles. The van der Waals surface area contributed by atoms with Crippen LogP contribution in [0.25, 0.3) is 21.3 Å². The van der Waals surface area contributed by atoms with Crippen molar-refractivity contribution in [1.29, 1.82) is 0 Å². The van der Waals surface area contributed by atoms with Crippen molar-refractivity contribution in [3.05, 3.63) is 42.7 Å². The third-order valence-corrected chi connectivity index (χ3v) is 4.54. The Morgan fingerprint density at radius 1 is 1.13 bits per heavy atom. The SMILES string of the molecule is COc1ccccc1Nc1nc2c(ccc3c2ncn3C)s1.Cl. The van der Waals surface area contributed by atoms with Gasteiger partial charge in [0.05, 0.1) is 29.3 Å². The molecule has 2 aromatic carbocycles. The Morgan fingerprint density at radius 3 is 2.78 bits per heavy atom. The van der Waals surface area contributed by atoms with E-state index in [4.69, 9.17) is 9.72 Å². The highest BCUT2D eigenvalue weighted by atomic mass is 35.5. The molecule has 4 rings (SSSR count). The van der Waals surface area contributed by atoms with Crippen LogP contribution in [0.1, 0.15) is 0 Å². The summed E-state index contributed by atoms with van der Waals surface area (Å²) in [6.07, 6.45) is 1.82. The predicted molar refractivity (Wildman–Crippen MR) is 97.4 cm³/mol. The number of halogens is 1. The van der Waals surface area contributed by atoms with Crippen molar-refractivity contribution in [3.63, 3.8) is 0 Å². The lowest BCUT2D eigenvalue weighted by atomic mass is 10.3. The molecule has 0 bridgehead atoms. The Labute approximate surface area is 143 Å². The topological polar surface area (TPSA) is 52.0 Å². The molecule has 0 atom stereocenters. The molecule has 7 heteroatoms. The highest BCUT2D eigenvalue weighted by Gasteiger charge is 2.11. The molecule has 1 N–H and O–H groups in total. The summed E-state index contributed by atoms with van der Waals surface area (Å²) in [6.45, 7) is 0. The van der Waals surface area contributed by atoms with Crippen molar-refractivity contribution in [2.45, 2.75) is 0 Å². The minimum absolute atomic E-state index is 0. The Morgan fingerprint density at radius 2 is 1.96 bits per heavy atom. The summed E-state index contributed by atoms with van der Waals surface area (Å²) in [5, 5.41) is 4.16. The van der Waals surface area contributed by atoms with Gasteiger partial charge in [0.25, 0.3) is 0 Å². The molecule has 5 nitrogen and oxygen atoms in total. The molecule has 2 heterocycles. The number of rotatable bonds is 3. The van der Waals surface area contributed by atoms with E-state index in [2.05, 4.69) is 22.4 Å². The smallest absolute Gasteiger partial charge is 0.188 e. The first-order valence-corrected chi connectivity index (χ1v) is 7.68. The summed E-state index contributed by atoms with van der Waals surface area (Å²) in [5.41, 5.74) is 3.85. The molecule has 0 aliphatic rings. The van der Waals surface area contributed by atoms with E-state index in [1.807, 2.05) is 42.2 Å². The number of benzene rings is 2. The lowest BCUT2D eigenvalue weighted by Gasteiger charge is -2.07. The monoisotopic (exact) mass is 346 g/mol. The van der Waals surface area contributed by atoms with Gasteiger partial charge in [-0.25, -0.2) is 9.97 Å². The fourth-order valence-corrected chi connectivity index (χ4v) is 3.39. The van der Waals surface area contributed by atoms with Crippen LogP contribution >= 0.6 is 23.7 Å². The zero-order chi connectivity index (χ0) is 15.1. The maximum atomic E-state index is 5.36. The minimum atomic E-state index is 0. The fraction of sp³-hybridized carbons (Fsp3) is 0.125. The van der Waals surface area contributed by atoms with E-state index in [-0.39, 0.29) is 12.4 Å². The van der Waals surface area contributed by atoms with Crippen LogP contribution in [-0.2, 0) is 7.05 Å². The maximum absolute atomic E-state index is 5.36.